The van der Waals surface area contributed by atoms with Crippen LogP contribution < -0.4 is 0 Å². The Morgan fingerprint density at radius 3 is 2.50 bits per heavy atom. The van der Waals surface area contributed by atoms with Crippen LogP contribution in [0.3, 0.4) is 0 Å². The minimum Gasteiger partial charge on any atom is -0.305 e. The van der Waals surface area contributed by atoms with E-state index in [-0.39, 0.29) is 5.82 Å². The van der Waals surface area contributed by atoms with Crippen molar-refractivity contribution in [2.45, 2.75) is 11.7 Å². The summed E-state index contributed by atoms with van der Waals surface area (Å²) in [6, 6.07) is 5.45. The van der Waals surface area contributed by atoms with Crippen molar-refractivity contribution in [1.82, 2.24) is 9.55 Å². The first-order valence-corrected chi connectivity index (χ1v) is 5.13. The lowest BCUT2D eigenvalue weighted by atomic mass is 10.1. The summed E-state index contributed by atoms with van der Waals surface area (Å²) < 4.78 is 27.8. The fourth-order valence-corrected chi connectivity index (χ4v) is 1.65. The molecule has 0 N–H and O–H groups in total. The van der Waals surface area contributed by atoms with Crippen molar-refractivity contribution in [3.63, 3.8) is 0 Å². The van der Waals surface area contributed by atoms with E-state index < -0.39 is 11.7 Å². The van der Waals surface area contributed by atoms with Gasteiger partial charge >= 0.3 is 0 Å². The van der Waals surface area contributed by atoms with Crippen LogP contribution in [0, 0.1) is 5.82 Å². The average molecular weight is 243 g/mol. The maximum atomic E-state index is 13.8. The van der Waals surface area contributed by atoms with Crippen LogP contribution in [0.25, 0.3) is 0 Å². The van der Waals surface area contributed by atoms with Gasteiger partial charge < -0.3 is 4.57 Å². The average Bonchev–Trinajstić information content (AvgIpc) is 2.81. The lowest BCUT2D eigenvalue weighted by molar-refractivity contribution is 0.232. The van der Waals surface area contributed by atoms with Gasteiger partial charge in [-0.3, -0.25) is 0 Å². The van der Waals surface area contributed by atoms with Crippen LogP contribution in [-0.4, -0.2) is 9.55 Å². The molecular formula is C11H9ClF2N2. The minimum absolute atomic E-state index is 0.370. The summed E-state index contributed by atoms with van der Waals surface area (Å²) in [6.07, 6.45) is 2.89. The zero-order valence-corrected chi connectivity index (χ0v) is 8.98. The molecule has 16 heavy (non-hydrogen) atoms. The van der Waals surface area contributed by atoms with Gasteiger partial charge in [-0.25, -0.2) is 13.8 Å². The summed E-state index contributed by atoms with van der Waals surface area (Å²) in [6.45, 7) is 0. The molecule has 0 aliphatic carbocycles. The first kappa shape index (κ1) is 11.1. The van der Waals surface area contributed by atoms with Gasteiger partial charge in [-0.15, -0.1) is 11.6 Å². The van der Waals surface area contributed by atoms with E-state index in [0.29, 0.717) is 5.56 Å². The Morgan fingerprint density at radius 1 is 1.25 bits per heavy atom. The third kappa shape index (κ3) is 2.22. The molecule has 84 valence electrons. The maximum Gasteiger partial charge on any atom is 0.197 e. The molecule has 0 spiro atoms. The fraction of sp³-hybridized carbons (Fsp3) is 0.182. The number of rotatable bonds is 3. The molecule has 0 aliphatic heterocycles. The summed E-state index contributed by atoms with van der Waals surface area (Å²) in [5.41, 5.74) is 0.532. The molecule has 2 nitrogen and oxygen atoms in total. The van der Waals surface area contributed by atoms with Crippen LogP contribution >= 0.6 is 11.6 Å². The van der Waals surface area contributed by atoms with E-state index in [1.165, 1.54) is 47.6 Å². The highest BCUT2D eigenvalue weighted by Gasteiger charge is 2.21. The number of hydrogen-bond acceptors (Lipinski definition) is 1. The third-order valence-electron chi connectivity index (χ3n) is 2.24. The summed E-state index contributed by atoms with van der Waals surface area (Å²) in [4.78, 5) is 3.74. The second kappa shape index (κ2) is 4.61. The van der Waals surface area contributed by atoms with E-state index >= 15 is 0 Å². The molecule has 0 aliphatic rings. The van der Waals surface area contributed by atoms with Gasteiger partial charge in [0.25, 0.3) is 0 Å². The van der Waals surface area contributed by atoms with Crippen molar-refractivity contribution < 1.29 is 8.78 Å². The summed E-state index contributed by atoms with van der Waals surface area (Å²) in [7, 11) is 0. The highest BCUT2D eigenvalue weighted by Crippen LogP contribution is 2.33. The predicted molar refractivity (Wildman–Crippen MR) is 57.4 cm³/mol. The first-order chi connectivity index (χ1) is 7.68. The van der Waals surface area contributed by atoms with E-state index in [1.54, 1.807) is 0 Å². The summed E-state index contributed by atoms with van der Waals surface area (Å²) in [5, 5.41) is -0.866. The van der Waals surface area contributed by atoms with Crippen molar-refractivity contribution in [2.75, 3.05) is 0 Å². The van der Waals surface area contributed by atoms with Gasteiger partial charge in [-0.2, -0.15) is 0 Å². The molecule has 0 saturated carbocycles. The van der Waals surface area contributed by atoms with Crippen molar-refractivity contribution in [3.05, 3.63) is 54.4 Å². The number of imidazole rings is 1. The van der Waals surface area contributed by atoms with Gasteiger partial charge in [0.1, 0.15) is 11.2 Å². The van der Waals surface area contributed by atoms with Crippen LogP contribution in [0.5, 0.6) is 0 Å². The minimum atomic E-state index is -1.42. The second-order valence-corrected chi connectivity index (χ2v) is 3.81. The van der Waals surface area contributed by atoms with E-state index in [4.69, 9.17) is 11.6 Å². The fourth-order valence-electron chi connectivity index (χ4n) is 1.37. The molecule has 2 unspecified atom stereocenters. The molecule has 0 amide bonds. The van der Waals surface area contributed by atoms with Crippen LogP contribution in [0.4, 0.5) is 8.78 Å². The number of aromatic nitrogens is 2. The lowest BCUT2D eigenvalue weighted by Crippen LogP contribution is -2.07. The molecule has 0 fully saturated rings. The summed E-state index contributed by atoms with van der Waals surface area (Å²) in [5.74, 6) is -0.370. The molecule has 5 heteroatoms. The number of alkyl halides is 2. The molecule has 0 bridgehead atoms. The molecular weight excluding hydrogens is 234 g/mol. The maximum absolute atomic E-state index is 13.8. The third-order valence-corrected chi connectivity index (χ3v) is 2.70. The van der Waals surface area contributed by atoms with E-state index in [1.807, 2.05) is 0 Å². The Balaban J connectivity index is 2.19. The standard InChI is InChI=1S/C11H9ClF2N2/c12-10(8-1-3-9(13)4-2-8)11(14)16-6-5-15-7-16/h1-7,10-11H. The van der Waals surface area contributed by atoms with Crippen molar-refractivity contribution in [2.24, 2.45) is 0 Å². The van der Waals surface area contributed by atoms with Crippen molar-refractivity contribution in [3.8, 4) is 0 Å². The molecule has 0 saturated heterocycles. The Morgan fingerprint density at radius 2 is 1.94 bits per heavy atom. The van der Waals surface area contributed by atoms with Crippen LogP contribution in [0.1, 0.15) is 17.2 Å². The van der Waals surface area contributed by atoms with E-state index in [9.17, 15) is 8.78 Å². The summed E-state index contributed by atoms with van der Waals surface area (Å²) >= 11 is 5.95. The number of nitrogens with zero attached hydrogens (tertiary/aromatic N) is 2. The van der Waals surface area contributed by atoms with Gasteiger partial charge in [0, 0.05) is 12.4 Å². The van der Waals surface area contributed by atoms with Crippen LogP contribution in [-0.2, 0) is 0 Å². The van der Waals surface area contributed by atoms with Gasteiger partial charge in [0.15, 0.2) is 6.30 Å². The van der Waals surface area contributed by atoms with Gasteiger partial charge in [-0.05, 0) is 17.7 Å². The predicted octanol–water partition coefficient (Wildman–Crippen LogP) is 3.47. The van der Waals surface area contributed by atoms with Gasteiger partial charge in [0.05, 0.1) is 6.33 Å². The molecule has 2 rings (SSSR count). The number of hydrogen-bond donors (Lipinski definition) is 0. The number of halogens is 3. The van der Waals surface area contributed by atoms with E-state index in [2.05, 4.69) is 4.98 Å². The SMILES string of the molecule is Fc1ccc(C(Cl)C(F)n2ccnc2)cc1. The van der Waals surface area contributed by atoms with Gasteiger partial charge in [0.2, 0.25) is 0 Å². The molecule has 0 radical (unpaired) electrons. The Labute approximate surface area is 96.5 Å². The Bertz CT molecular complexity index is 442. The number of benzene rings is 1. The largest absolute Gasteiger partial charge is 0.305 e. The highest BCUT2D eigenvalue weighted by molar-refractivity contribution is 6.21. The van der Waals surface area contributed by atoms with Crippen LogP contribution in [0.2, 0.25) is 0 Å². The highest BCUT2D eigenvalue weighted by atomic mass is 35.5. The molecule has 1 heterocycles. The van der Waals surface area contributed by atoms with E-state index in [0.717, 1.165) is 0 Å². The molecule has 1 aromatic carbocycles. The molecule has 2 atom stereocenters. The first-order valence-electron chi connectivity index (χ1n) is 4.69. The van der Waals surface area contributed by atoms with Crippen molar-refractivity contribution in [1.29, 1.82) is 0 Å². The zero-order chi connectivity index (χ0) is 11.5. The molecule has 1 aromatic heterocycles. The monoisotopic (exact) mass is 242 g/mol. The normalized spacial score (nSPS) is 14.7. The van der Waals surface area contributed by atoms with Gasteiger partial charge in [-0.1, -0.05) is 12.1 Å². The Hall–Kier alpha value is -1.42. The lowest BCUT2D eigenvalue weighted by Gasteiger charge is -2.16. The Kier molecular flexibility index (Phi) is 3.19. The molecule has 2 aromatic rings. The van der Waals surface area contributed by atoms with Crippen LogP contribution in [0.15, 0.2) is 43.0 Å². The zero-order valence-electron chi connectivity index (χ0n) is 8.22. The smallest absolute Gasteiger partial charge is 0.197 e. The van der Waals surface area contributed by atoms with Crippen molar-refractivity contribution >= 4 is 11.6 Å². The second-order valence-electron chi connectivity index (χ2n) is 3.34. The topological polar surface area (TPSA) is 17.8 Å². The quantitative estimate of drug-likeness (QED) is 0.754.